The van der Waals surface area contributed by atoms with E-state index in [0.29, 0.717) is 39.4 Å². The Morgan fingerprint density at radius 2 is 0.852 bits per heavy atom. The standard InChI is InChI=1S/C21H29NO3.C18H25NO3.C18H23NO.C15H18BrNO.C9H17BO2.C7H8O3S.C5H12O2.CH3.4O.Os.Pd/c1-15(23)17-6-5-16(20(4)14-24-19(2,3)25-20)13-18(17)22-11-9-21(7-8-21)10-12-22;1-13(21)15-4-3-14(17(2,22)12-20)11-16(15)19-9-7-18(5-6-18)8-10-19;1-13(2)15-4-5-16(14(3)20)17(12-15)19-10-8-18(6-7-18)9-11-19;1-11(18)13-3-2-12(16)10-14(13)17-8-6-15(4-5-15)7-9-17;1-7(2)10-11-8(3,4)9(5,6)12-10;1-6-2-4-7(5-3-6)11(8,9)10;1-5(2,6-3)7-4;;;;;;;/h5-6,13H,7-12,14H2,1-4H3;3-4,11,20,22H,5-10,12H2,1-2H3;4-5,12H,1,6-11H2,2-3H3;2-3,10H,4-9H2,1H3;1H2,2-6H3;2-5H,1H3,(H,8,9,10);1-4H3;1H3;;;;;;/q;;;;;;;-1;;;;;;. The Morgan fingerprint density at radius 3 is 1.14 bits per heavy atom. The first-order valence-corrected chi connectivity index (χ1v) is 48.3. The number of methoxy groups -OCH3 is 2. The molecule has 6 saturated heterocycles. The van der Waals surface area contributed by atoms with Crippen molar-refractivity contribution in [3.05, 3.63) is 172 Å². The summed E-state index contributed by atoms with van der Waals surface area (Å²) in [6, 6.07) is 29.6. The first-order valence-electron chi connectivity index (χ1n) is 41.9. The Hall–Kier alpha value is -5.91. The summed E-state index contributed by atoms with van der Waals surface area (Å²) in [5.74, 6) is -0.513. The number of hydrogen-bond donors (Lipinski definition) is 3. The summed E-state index contributed by atoms with van der Waals surface area (Å²) in [5, 5.41) is 19.7. The third-order valence-electron chi connectivity index (χ3n) is 26.1. The molecule has 6 aliphatic heterocycles. The van der Waals surface area contributed by atoms with E-state index < -0.39 is 47.7 Å². The van der Waals surface area contributed by atoms with Gasteiger partial charge in [0.1, 0.15) is 11.2 Å². The molecule has 23 nitrogen and oxygen atoms in total. The SMILES string of the molecule is C=C(C)B1OC(C)(C)C(C)(C)O1.C=C(C)c1ccc(C(C)=O)c(N2CCC3(CC2)CC3)c1.CC(=O)c1ccc(Br)cc1N1CCC2(CC1)CC2.CC(=O)c1ccc(C(C)(O)CO)cc1N1CCC2(CC1)CC2.CC(=O)c1ccc(C2(C)COC(C)(C)O2)cc1N1CCC2(CC1)CC2.COC(C)(C)OC.Cc1ccc(S(=O)(=O)O)cc1.[CH3-].[O]=[Os](=[O])(=[O])=[O].[Pd]. The molecule has 680 valence electrons. The van der Waals surface area contributed by atoms with E-state index in [0.717, 1.165) is 124 Å². The van der Waals surface area contributed by atoms with Crippen LogP contribution in [0.25, 0.3) is 5.57 Å². The van der Waals surface area contributed by atoms with Crippen molar-refractivity contribution in [2.45, 2.75) is 259 Å². The predicted molar refractivity (Wildman–Crippen MR) is 475 cm³/mol. The summed E-state index contributed by atoms with van der Waals surface area (Å²) in [6.45, 7) is 48.1. The number of allylic oxidation sites excluding steroid dienone is 2. The summed E-state index contributed by atoms with van der Waals surface area (Å²) >= 11 is -2.55. The van der Waals surface area contributed by atoms with Gasteiger partial charge in [-0.1, -0.05) is 69.4 Å². The molecule has 0 radical (unpaired) electrons. The number of carbonyl (C=O) groups excluding carboxylic acids is 4. The molecule has 3 N–H and O–H groups in total. The number of piperidine rings is 4. The van der Waals surface area contributed by atoms with Gasteiger partial charge in [0.05, 0.1) is 29.3 Å². The molecule has 0 bridgehead atoms. The minimum Gasteiger partial charge on any atom is 0 e. The van der Waals surface area contributed by atoms with Crippen LogP contribution in [0.3, 0.4) is 0 Å². The normalized spacial score (nSPS) is 21.3. The Balaban J connectivity index is 0.000000223. The van der Waals surface area contributed by atoms with Crippen molar-refractivity contribution in [1.82, 2.24) is 0 Å². The molecule has 0 amide bonds. The number of aliphatic hydroxyl groups is 2. The van der Waals surface area contributed by atoms with Crippen LogP contribution in [-0.2, 0) is 99.0 Å². The maximum Gasteiger partial charge on any atom is 0 e. The number of benzene rings is 5. The van der Waals surface area contributed by atoms with Gasteiger partial charge in [-0.25, -0.2) is 0 Å². The first-order chi connectivity index (χ1) is 55.6. The predicted octanol–water partition coefficient (Wildman–Crippen LogP) is 19.5. The average Bonchev–Trinajstić information content (AvgIpc) is 1.62. The maximum atomic E-state index is 12.2. The molecule has 4 saturated carbocycles. The Bertz CT molecular complexity index is 4830. The van der Waals surface area contributed by atoms with Gasteiger partial charge in [0, 0.05) is 136 Å². The molecular formula is C94H135BBrN4O19OsPdS-. The number of ether oxygens (including phenoxy) is 4. The topological polar surface area (TPSA) is 300 Å². The summed E-state index contributed by atoms with van der Waals surface area (Å²) in [7, 11) is -1.03. The minimum atomic E-state index is -6.06. The van der Waals surface area contributed by atoms with E-state index in [9.17, 15) is 37.8 Å². The first kappa shape index (κ1) is 105. The largest absolute Gasteiger partial charge is 0 e. The third-order valence-corrected chi connectivity index (χ3v) is 27.5. The zero-order valence-corrected chi connectivity index (χ0v) is 82.2. The van der Waals surface area contributed by atoms with E-state index in [1.165, 1.54) is 115 Å². The van der Waals surface area contributed by atoms with Gasteiger partial charge in [-0.3, -0.25) is 23.7 Å². The number of aliphatic hydroxyl groups excluding tert-OH is 1. The number of anilines is 4. The second kappa shape index (κ2) is 41.9. The minimum absolute atomic E-state index is 0. The zero-order valence-electron chi connectivity index (χ0n) is 75.7. The van der Waals surface area contributed by atoms with Crippen LogP contribution in [0.15, 0.2) is 125 Å². The summed E-state index contributed by atoms with van der Waals surface area (Å²) in [4.78, 5) is 57.1. The van der Waals surface area contributed by atoms with Crippen molar-refractivity contribution in [1.29, 1.82) is 0 Å². The van der Waals surface area contributed by atoms with Gasteiger partial charge < -0.3 is 65.5 Å². The second-order valence-electron chi connectivity index (χ2n) is 37.1. The van der Waals surface area contributed by atoms with Gasteiger partial charge in [-0.05, 0) is 326 Å². The number of hydrogen-bond acceptors (Lipinski definition) is 22. The van der Waals surface area contributed by atoms with Crippen LogP contribution in [0.5, 0.6) is 0 Å². The van der Waals surface area contributed by atoms with E-state index in [1.54, 1.807) is 73.1 Å². The molecule has 4 aliphatic carbocycles. The molecule has 2 atom stereocenters. The second-order valence-corrected chi connectivity index (χ2v) is 42.0. The van der Waals surface area contributed by atoms with E-state index >= 15 is 0 Å². The van der Waals surface area contributed by atoms with Gasteiger partial charge in [-0.15, -0.1) is 6.58 Å². The molecule has 4 spiro atoms. The van der Waals surface area contributed by atoms with E-state index in [1.807, 2.05) is 119 Å². The van der Waals surface area contributed by atoms with Crippen molar-refractivity contribution in [2.24, 2.45) is 21.7 Å². The molecule has 10 aliphatic rings. The van der Waals surface area contributed by atoms with Gasteiger partial charge in [-0.2, -0.15) is 8.42 Å². The zero-order chi connectivity index (χ0) is 89.4. The van der Waals surface area contributed by atoms with Crippen LogP contribution in [0.4, 0.5) is 22.7 Å². The Labute approximate surface area is 751 Å². The van der Waals surface area contributed by atoms with Crippen molar-refractivity contribution in [3.8, 4) is 0 Å². The van der Waals surface area contributed by atoms with Crippen molar-refractivity contribution in [2.75, 3.05) is 99.4 Å². The smallest absolute Gasteiger partial charge is 0 e. The number of halogens is 1. The number of aryl methyl sites for hydroxylation is 1. The summed E-state index contributed by atoms with van der Waals surface area (Å²) in [6.07, 6.45) is 21.1. The van der Waals surface area contributed by atoms with Crippen molar-refractivity contribution >= 4 is 84.6 Å². The van der Waals surface area contributed by atoms with Crippen molar-refractivity contribution in [3.63, 3.8) is 0 Å². The molecule has 10 fully saturated rings. The third kappa shape index (κ3) is 29.3. The summed E-state index contributed by atoms with van der Waals surface area (Å²) in [5.41, 5.74) is 13.5. The van der Waals surface area contributed by atoms with E-state index in [4.69, 9.17) is 47.0 Å². The van der Waals surface area contributed by atoms with Crippen LogP contribution < -0.4 is 19.6 Å². The molecule has 5 aromatic carbocycles. The molecular weight excluding hydrogens is 1910 g/mol. The maximum absolute atomic E-state index is 12.2. The fourth-order valence-corrected chi connectivity index (χ4v) is 16.7. The van der Waals surface area contributed by atoms with Gasteiger partial charge in [0.15, 0.2) is 34.7 Å². The molecule has 0 aromatic heterocycles. The molecule has 28 heteroatoms. The number of nitrogens with zero attached hydrogens (tertiary/aromatic N) is 4. The Kier molecular flexibility index (Phi) is 36.0. The number of carbonyl (C=O) groups is 4. The van der Waals surface area contributed by atoms with E-state index in [-0.39, 0.29) is 80.8 Å². The van der Waals surface area contributed by atoms with Crippen LogP contribution in [-0.4, -0.2) is 156 Å². The van der Waals surface area contributed by atoms with Crippen LogP contribution in [0.1, 0.15) is 277 Å². The molecule has 2 unspecified atom stereocenters. The number of Topliss-reactive ketones (excluding diaryl/α,β-unsaturated/α-hetero) is 4. The van der Waals surface area contributed by atoms with Gasteiger partial charge in [0.2, 0.25) is 0 Å². The number of ketones is 4. The van der Waals surface area contributed by atoms with Crippen LogP contribution >= 0.6 is 15.9 Å². The van der Waals surface area contributed by atoms with Gasteiger partial charge >= 0.3 is 36.1 Å². The monoisotopic (exact) mass is 2040 g/mol. The molecule has 5 aromatic rings. The fourth-order valence-electron chi connectivity index (χ4n) is 15.8. The average molecular weight is 2040 g/mol. The fraction of sp³-hybridized carbons (Fsp3) is 0.585. The van der Waals surface area contributed by atoms with Gasteiger partial charge in [0.25, 0.3) is 10.1 Å². The van der Waals surface area contributed by atoms with E-state index in [2.05, 4.69) is 73.8 Å². The van der Waals surface area contributed by atoms with Crippen LogP contribution in [0, 0.1) is 36.0 Å². The molecule has 15 rings (SSSR count). The Morgan fingerprint density at radius 1 is 0.525 bits per heavy atom. The number of rotatable bonds is 16. The summed E-state index contributed by atoms with van der Waals surface area (Å²) < 4.78 is 98.3. The molecule has 122 heavy (non-hydrogen) atoms. The quantitative estimate of drug-likeness (QED) is 0.0272. The van der Waals surface area contributed by atoms with Crippen LogP contribution in [0.2, 0.25) is 0 Å². The molecule has 6 heterocycles. The van der Waals surface area contributed by atoms with Crippen molar-refractivity contribution < 1.29 is 120 Å².